The Hall–Kier alpha value is -3.59. The van der Waals surface area contributed by atoms with Gasteiger partial charge in [0.25, 0.3) is 10.0 Å². The number of benzene rings is 3. The Morgan fingerprint density at radius 3 is 2.53 bits per heavy atom. The quantitative estimate of drug-likeness (QED) is 0.513. The van der Waals surface area contributed by atoms with Crippen molar-refractivity contribution in [2.45, 2.75) is 31.3 Å². The number of sulfonamides is 1. The van der Waals surface area contributed by atoms with E-state index in [1.165, 1.54) is 12.1 Å². The van der Waals surface area contributed by atoms with Gasteiger partial charge >= 0.3 is 0 Å². The second-order valence-electron chi connectivity index (χ2n) is 7.87. The summed E-state index contributed by atoms with van der Waals surface area (Å²) in [5, 5.41) is 2.76. The van der Waals surface area contributed by atoms with Crippen molar-refractivity contribution in [2.24, 2.45) is 0 Å². The summed E-state index contributed by atoms with van der Waals surface area (Å²) in [6.07, 6.45) is 0.756. The van der Waals surface area contributed by atoms with E-state index in [0.29, 0.717) is 29.5 Å². The van der Waals surface area contributed by atoms with Crippen LogP contribution in [0.3, 0.4) is 0 Å². The fourth-order valence-corrected chi connectivity index (χ4v) is 5.20. The number of nitrogens with zero attached hydrogens (tertiary/aromatic N) is 1. The topological polar surface area (TPSA) is 84.9 Å². The molecule has 0 saturated carbocycles. The van der Waals surface area contributed by atoms with Crippen LogP contribution in [-0.2, 0) is 21.2 Å². The number of hydrogen-bond donors (Lipinski definition) is 1. The van der Waals surface area contributed by atoms with E-state index in [1.807, 2.05) is 19.9 Å². The highest BCUT2D eigenvalue weighted by Crippen LogP contribution is 2.38. The van der Waals surface area contributed by atoms with Crippen molar-refractivity contribution < 1.29 is 27.1 Å². The van der Waals surface area contributed by atoms with Crippen molar-refractivity contribution >= 4 is 27.3 Å². The van der Waals surface area contributed by atoms with Crippen molar-refractivity contribution in [3.63, 3.8) is 0 Å². The van der Waals surface area contributed by atoms with Crippen LogP contribution in [-0.4, -0.2) is 33.6 Å². The van der Waals surface area contributed by atoms with E-state index in [1.54, 1.807) is 36.4 Å². The van der Waals surface area contributed by atoms with Gasteiger partial charge in [-0.05, 0) is 56.3 Å². The van der Waals surface area contributed by atoms with Gasteiger partial charge in [-0.25, -0.2) is 12.8 Å². The lowest BCUT2D eigenvalue weighted by atomic mass is 10.1. The Kier molecular flexibility index (Phi) is 6.74. The Morgan fingerprint density at radius 1 is 1.15 bits per heavy atom. The molecule has 1 aliphatic rings. The van der Waals surface area contributed by atoms with Crippen LogP contribution in [0.15, 0.2) is 71.6 Å². The summed E-state index contributed by atoms with van der Waals surface area (Å²) in [7, 11) is -4.15. The highest BCUT2D eigenvalue weighted by atomic mass is 32.2. The van der Waals surface area contributed by atoms with Crippen molar-refractivity contribution in [3.05, 3.63) is 78.1 Å². The number of halogens is 1. The molecule has 178 valence electrons. The second-order valence-corrected chi connectivity index (χ2v) is 9.73. The molecule has 0 spiro atoms. The van der Waals surface area contributed by atoms with Gasteiger partial charge in [0, 0.05) is 18.1 Å². The van der Waals surface area contributed by atoms with Crippen LogP contribution in [0.2, 0.25) is 0 Å². The summed E-state index contributed by atoms with van der Waals surface area (Å²) in [5.74, 6) is 0.0195. The molecule has 0 bridgehead atoms. The van der Waals surface area contributed by atoms with Gasteiger partial charge in [0.1, 0.15) is 30.0 Å². The number of rotatable bonds is 8. The molecule has 0 saturated heterocycles. The summed E-state index contributed by atoms with van der Waals surface area (Å²) < 4.78 is 52.6. The third-order valence-electron chi connectivity index (χ3n) is 5.31. The number of hydrogen-bond acceptors (Lipinski definition) is 5. The van der Waals surface area contributed by atoms with Crippen molar-refractivity contribution in [3.8, 4) is 11.5 Å². The lowest BCUT2D eigenvalue weighted by Gasteiger charge is -2.24. The summed E-state index contributed by atoms with van der Waals surface area (Å²) in [4.78, 5) is 13.0. The maximum Gasteiger partial charge on any atom is 0.264 e. The minimum absolute atomic E-state index is 0.0184. The molecule has 0 fully saturated rings. The summed E-state index contributed by atoms with van der Waals surface area (Å²) in [6.45, 7) is 3.69. The molecule has 1 heterocycles. The van der Waals surface area contributed by atoms with Crippen LogP contribution < -0.4 is 19.1 Å². The van der Waals surface area contributed by atoms with Gasteiger partial charge in [-0.15, -0.1) is 0 Å². The van der Waals surface area contributed by atoms with Crippen LogP contribution >= 0.6 is 0 Å². The third kappa shape index (κ3) is 4.99. The third-order valence-corrected chi connectivity index (χ3v) is 7.09. The largest absolute Gasteiger partial charge is 0.492 e. The highest BCUT2D eigenvalue weighted by molar-refractivity contribution is 7.92. The number of fused-ring (bicyclic) bond motifs is 1. The number of nitrogens with one attached hydrogen (secondary N) is 1. The van der Waals surface area contributed by atoms with Crippen LogP contribution in [0.5, 0.6) is 11.5 Å². The fraction of sp³-hybridized carbons (Fsp3) is 0.240. The maximum absolute atomic E-state index is 13.4. The monoisotopic (exact) mass is 484 g/mol. The molecule has 1 aliphatic heterocycles. The molecule has 1 atom stereocenters. The van der Waals surface area contributed by atoms with Gasteiger partial charge in [-0.3, -0.25) is 9.10 Å². The number of carbonyl (C=O) groups excluding carboxylic acids is 1. The van der Waals surface area contributed by atoms with E-state index in [-0.39, 0.29) is 11.0 Å². The first-order valence-corrected chi connectivity index (χ1v) is 12.3. The zero-order valence-electron chi connectivity index (χ0n) is 18.8. The lowest BCUT2D eigenvalue weighted by molar-refractivity contribution is -0.114. The summed E-state index contributed by atoms with van der Waals surface area (Å²) >= 11 is 0. The van der Waals surface area contributed by atoms with Gasteiger partial charge in [0.15, 0.2) is 0 Å². The number of ether oxygens (including phenoxy) is 2. The standard InChI is InChI=1S/C25H25FN2O5S/c1-3-32-24-14-18-13-17(2)33-23(18)15-22(24)27-25(29)16-28(20-7-5-4-6-8-20)34(30,31)21-11-9-19(26)10-12-21/h4-12,14-15,17H,3,13,16H2,1-2H3,(H,27,29). The minimum Gasteiger partial charge on any atom is -0.492 e. The predicted molar refractivity (Wildman–Crippen MR) is 127 cm³/mol. The van der Waals surface area contributed by atoms with E-state index >= 15 is 0 Å². The number of para-hydroxylation sites is 1. The van der Waals surface area contributed by atoms with Crippen molar-refractivity contribution in [1.82, 2.24) is 0 Å². The predicted octanol–water partition coefficient (Wildman–Crippen LogP) is 4.38. The normalized spacial score (nSPS) is 14.7. The molecule has 9 heteroatoms. The van der Waals surface area contributed by atoms with E-state index in [0.717, 1.165) is 28.4 Å². The molecule has 7 nitrogen and oxygen atoms in total. The molecule has 0 aliphatic carbocycles. The van der Waals surface area contributed by atoms with Gasteiger partial charge in [0.2, 0.25) is 5.91 Å². The van der Waals surface area contributed by atoms with E-state index in [9.17, 15) is 17.6 Å². The summed E-state index contributed by atoms with van der Waals surface area (Å²) in [6, 6.07) is 16.3. The highest BCUT2D eigenvalue weighted by Gasteiger charge is 2.28. The van der Waals surface area contributed by atoms with Crippen molar-refractivity contribution in [2.75, 3.05) is 22.8 Å². The van der Waals surface area contributed by atoms with Crippen LogP contribution in [0, 0.1) is 5.82 Å². The van der Waals surface area contributed by atoms with Gasteiger partial charge in [-0.1, -0.05) is 18.2 Å². The number of amides is 1. The van der Waals surface area contributed by atoms with Gasteiger partial charge in [0.05, 0.1) is 22.9 Å². The zero-order chi connectivity index (χ0) is 24.3. The van der Waals surface area contributed by atoms with Gasteiger partial charge < -0.3 is 14.8 Å². The van der Waals surface area contributed by atoms with Crippen LogP contribution in [0.4, 0.5) is 15.8 Å². The number of anilines is 2. The zero-order valence-corrected chi connectivity index (χ0v) is 19.6. The second kappa shape index (κ2) is 9.72. The van der Waals surface area contributed by atoms with E-state index in [4.69, 9.17) is 9.47 Å². The smallest absolute Gasteiger partial charge is 0.264 e. The lowest BCUT2D eigenvalue weighted by Crippen LogP contribution is -2.38. The molecule has 4 rings (SSSR count). The molecule has 3 aromatic rings. The maximum atomic E-state index is 13.4. The molecule has 1 amide bonds. The average Bonchev–Trinajstić information content (AvgIpc) is 3.17. The van der Waals surface area contributed by atoms with E-state index < -0.39 is 28.3 Å². The average molecular weight is 485 g/mol. The Balaban J connectivity index is 1.64. The fourth-order valence-electron chi connectivity index (χ4n) is 3.78. The van der Waals surface area contributed by atoms with Crippen LogP contribution in [0.1, 0.15) is 19.4 Å². The van der Waals surface area contributed by atoms with E-state index in [2.05, 4.69) is 5.32 Å². The van der Waals surface area contributed by atoms with Crippen LogP contribution in [0.25, 0.3) is 0 Å². The first-order chi connectivity index (χ1) is 16.3. The Bertz CT molecular complexity index is 1280. The Labute approximate surface area is 198 Å². The molecule has 0 radical (unpaired) electrons. The number of carbonyl (C=O) groups is 1. The molecule has 34 heavy (non-hydrogen) atoms. The first kappa shape index (κ1) is 23.6. The minimum atomic E-state index is -4.15. The van der Waals surface area contributed by atoms with Crippen molar-refractivity contribution in [1.29, 1.82) is 0 Å². The summed E-state index contributed by atoms with van der Waals surface area (Å²) in [5.41, 5.74) is 1.68. The molecular formula is C25H25FN2O5S. The SMILES string of the molecule is CCOc1cc2c(cc1NC(=O)CN(c1ccccc1)S(=O)(=O)c1ccc(F)cc1)OC(C)C2. The molecular weight excluding hydrogens is 459 g/mol. The molecule has 0 aromatic heterocycles. The molecule has 1 unspecified atom stereocenters. The first-order valence-electron chi connectivity index (χ1n) is 10.9. The van der Waals surface area contributed by atoms with Gasteiger partial charge in [-0.2, -0.15) is 0 Å². The molecule has 1 N–H and O–H groups in total. The molecule has 3 aromatic carbocycles. The Morgan fingerprint density at radius 2 is 1.85 bits per heavy atom.